The van der Waals surface area contributed by atoms with Crippen molar-refractivity contribution in [2.45, 2.75) is 13.0 Å². The fraction of sp³-hybridized carbons (Fsp3) is 0.267. The molecule has 1 atom stereocenters. The van der Waals surface area contributed by atoms with Gasteiger partial charge in [-0.2, -0.15) is 0 Å². The van der Waals surface area contributed by atoms with Crippen molar-refractivity contribution in [3.8, 4) is 5.75 Å². The number of nitrogens with zero attached hydrogens (tertiary/aromatic N) is 1. The number of esters is 1. The number of thioether (sulfide) groups is 1. The lowest BCUT2D eigenvalue weighted by Gasteiger charge is -2.18. The SMILES string of the molecule is COC(=O)C(C)N1C(=O)S/C(=C/c2ccccc2OC)C1=O. The lowest BCUT2D eigenvalue weighted by Crippen LogP contribution is -2.42. The second-order valence-electron chi connectivity index (χ2n) is 4.49. The van der Waals surface area contributed by atoms with Crippen molar-refractivity contribution < 1.29 is 23.9 Å². The normalized spacial score (nSPS) is 17.8. The number of ether oxygens (including phenoxy) is 2. The highest BCUT2D eigenvalue weighted by molar-refractivity contribution is 8.18. The minimum absolute atomic E-state index is 0.241. The lowest BCUT2D eigenvalue weighted by atomic mass is 10.2. The standard InChI is InChI=1S/C15H15NO5S/c1-9(14(18)21-3)16-13(17)12(22-15(16)19)8-10-6-4-5-7-11(10)20-2/h4-9H,1-3H3/b12-8+. The molecule has 2 amide bonds. The quantitative estimate of drug-likeness (QED) is 0.626. The largest absolute Gasteiger partial charge is 0.496 e. The zero-order valence-electron chi connectivity index (χ0n) is 12.4. The second-order valence-corrected chi connectivity index (χ2v) is 5.49. The van der Waals surface area contributed by atoms with Gasteiger partial charge in [-0.15, -0.1) is 0 Å². The van der Waals surface area contributed by atoms with Crippen molar-refractivity contribution in [3.05, 3.63) is 34.7 Å². The molecule has 6 nitrogen and oxygen atoms in total. The van der Waals surface area contributed by atoms with Crippen LogP contribution >= 0.6 is 11.8 Å². The predicted molar refractivity (Wildman–Crippen MR) is 82.3 cm³/mol. The van der Waals surface area contributed by atoms with E-state index in [2.05, 4.69) is 4.74 Å². The molecule has 22 heavy (non-hydrogen) atoms. The molecular weight excluding hydrogens is 306 g/mol. The molecule has 0 aliphatic carbocycles. The fourth-order valence-electron chi connectivity index (χ4n) is 2.02. The minimum atomic E-state index is -0.957. The Balaban J connectivity index is 2.32. The maximum absolute atomic E-state index is 12.3. The van der Waals surface area contributed by atoms with Crippen molar-refractivity contribution in [3.63, 3.8) is 0 Å². The molecule has 1 saturated heterocycles. The van der Waals surface area contributed by atoms with E-state index in [1.165, 1.54) is 21.1 Å². The van der Waals surface area contributed by atoms with Crippen LogP contribution in [0, 0.1) is 0 Å². The summed E-state index contributed by atoms with van der Waals surface area (Å²) in [6.07, 6.45) is 1.58. The highest BCUT2D eigenvalue weighted by Crippen LogP contribution is 2.35. The van der Waals surface area contributed by atoms with Crippen LogP contribution in [-0.4, -0.2) is 42.3 Å². The molecule has 0 saturated carbocycles. The Hall–Kier alpha value is -2.28. The van der Waals surface area contributed by atoms with E-state index in [9.17, 15) is 14.4 Å². The summed E-state index contributed by atoms with van der Waals surface area (Å²) in [6, 6.07) is 6.18. The van der Waals surface area contributed by atoms with Gasteiger partial charge in [0.2, 0.25) is 0 Å². The number of imide groups is 1. The van der Waals surface area contributed by atoms with Crippen molar-refractivity contribution in [2.75, 3.05) is 14.2 Å². The van der Waals surface area contributed by atoms with Gasteiger partial charge in [-0.3, -0.25) is 14.5 Å². The molecule has 116 valence electrons. The number of rotatable bonds is 4. The number of amides is 2. The van der Waals surface area contributed by atoms with Crippen LogP contribution in [-0.2, 0) is 14.3 Å². The van der Waals surface area contributed by atoms with Gasteiger partial charge in [0.15, 0.2) is 0 Å². The van der Waals surface area contributed by atoms with Gasteiger partial charge in [0, 0.05) is 5.56 Å². The monoisotopic (exact) mass is 321 g/mol. The molecule has 1 aliphatic heterocycles. The van der Waals surface area contributed by atoms with Crippen molar-refractivity contribution in [2.24, 2.45) is 0 Å². The highest BCUT2D eigenvalue weighted by atomic mass is 32.2. The van der Waals surface area contributed by atoms with Crippen LogP contribution in [0.15, 0.2) is 29.2 Å². The first kappa shape index (κ1) is 16.1. The van der Waals surface area contributed by atoms with E-state index in [1.807, 2.05) is 0 Å². The first-order valence-corrected chi connectivity index (χ1v) is 7.29. The zero-order valence-corrected chi connectivity index (χ0v) is 13.2. The van der Waals surface area contributed by atoms with Gasteiger partial charge in [0.25, 0.3) is 11.1 Å². The molecule has 2 rings (SSSR count). The second kappa shape index (κ2) is 6.65. The first-order chi connectivity index (χ1) is 10.5. The van der Waals surface area contributed by atoms with E-state index in [0.717, 1.165) is 16.7 Å². The van der Waals surface area contributed by atoms with E-state index in [1.54, 1.807) is 30.3 Å². The maximum Gasteiger partial charge on any atom is 0.328 e. The van der Waals surface area contributed by atoms with E-state index in [0.29, 0.717) is 11.3 Å². The zero-order chi connectivity index (χ0) is 16.3. The highest BCUT2D eigenvalue weighted by Gasteiger charge is 2.41. The van der Waals surface area contributed by atoms with Gasteiger partial charge in [-0.05, 0) is 30.8 Å². The topological polar surface area (TPSA) is 72.9 Å². The van der Waals surface area contributed by atoms with E-state index in [-0.39, 0.29) is 4.91 Å². The van der Waals surface area contributed by atoms with E-state index < -0.39 is 23.2 Å². The van der Waals surface area contributed by atoms with Crippen molar-refractivity contribution in [1.29, 1.82) is 0 Å². The Bertz CT molecular complexity index is 655. The molecule has 0 aromatic heterocycles. The van der Waals surface area contributed by atoms with Gasteiger partial charge in [0.05, 0.1) is 19.1 Å². The number of para-hydroxylation sites is 1. The number of carbonyl (C=O) groups is 3. The third-order valence-corrected chi connectivity index (χ3v) is 4.06. The van der Waals surface area contributed by atoms with Crippen LogP contribution in [0.3, 0.4) is 0 Å². The predicted octanol–water partition coefficient (Wildman–Crippen LogP) is 2.29. The summed E-state index contributed by atoms with van der Waals surface area (Å²) in [5.74, 6) is -0.560. The molecule has 0 spiro atoms. The molecule has 1 heterocycles. The molecule has 1 fully saturated rings. The van der Waals surface area contributed by atoms with E-state index >= 15 is 0 Å². The Kier molecular flexibility index (Phi) is 4.87. The fourth-order valence-corrected chi connectivity index (χ4v) is 2.92. The van der Waals surface area contributed by atoms with Crippen LogP contribution in [0.1, 0.15) is 12.5 Å². The molecule has 0 N–H and O–H groups in total. The number of methoxy groups -OCH3 is 2. The molecule has 7 heteroatoms. The average Bonchev–Trinajstić information content (AvgIpc) is 2.80. The molecule has 0 bridgehead atoms. The van der Waals surface area contributed by atoms with Gasteiger partial charge < -0.3 is 9.47 Å². The third kappa shape index (κ3) is 2.99. The molecule has 1 aromatic carbocycles. The van der Waals surface area contributed by atoms with Crippen LogP contribution in [0.4, 0.5) is 4.79 Å². The van der Waals surface area contributed by atoms with Gasteiger partial charge in [-0.1, -0.05) is 18.2 Å². The number of hydrogen-bond acceptors (Lipinski definition) is 6. The Morgan fingerprint density at radius 2 is 1.95 bits per heavy atom. The molecular formula is C15H15NO5S. The Morgan fingerprint density at radius 3 is 2.59 bits per heavy atom. The third-order valence-electron chi connectivity index (χ3n) is 3.18. The van der Waals surface area contributed by atoms with Gasteiger partial charge in [0.1, 0.15) is 11.8 Å². The average molecular weight is 321 g/mol. The number of benzene rings is 1. The van der Waals surface area contributed by atoms with Crippen LogP contribution in [0.5, 0.6) is 5.75 Å². The summed E-state index contributed by atoms with van der Waals surface area (Å²) in [4.78, 5) is 37.0. The van der Waals surface area contributed by atoms with Crippen molar-refractivity contribution >= 4 is 35.0 Å². The molecule has 1 aromatic rings. The molecule has 1 unspecified atom stereocenters. The Labute approximate surface area is 132 Å². The summed E-state index contributed by atoms with van der Waals surface area (Å²) in [5, 5.41) is -0.496. The smallest absolute Gasteiger partial charge is 0.328 e. The summed E-state index contributed by atoms with van der Waals surface area (Å²) in [5.41, 5.74) is 0.682. The van der Waals surface area contributed by atoms with Gasteiger partial charge >= 0.3 is 5.97 Å². The summed E-state index contributed by atoms with van der Waals surface area (Å²) >= 11 is 0.787. The summed E-state index contributed by atoms with van der Waals surface area (Å²) < 4.78 is 9.79. The van der Waals surface area contributed by atoms with Gasteiger partial charge in [-0.25, -0.2) is 4.79 Å². The Morgan fingerprint density at radius 1 is 1.27 bits per heavy atom. The first-order valence-electron chi connectivity index (χ1n) is 6.47. The van der Waals surface area contributed by atoms with Crippen LogP contribution in [0.25, 0.3) is 6.08 Å². The summed E-state index contributed by atoms with van der Waals surface area (Å²) in [6.45, 7) is 1.45. The lowest BCUT2D eigenvalue weighted by molar-refractivity contribution is -0.148. The molecule has 1 aliphatic rings. The van der Waals surface area contributed by atoms with Crippen molar-refractivity contribution in [1.82, 2.24) is 4.90 Å². The molecule has 0 radical (unpaired) electrons. The van der Waals surface area contributed by atoms with Crippen LogP contribution in [0.2, 0.25) is 0 Å². The number of hydrogen-bond donors (Lipinski definition) is 0. The summed E-state index contributed by atoms with van der Waals surface area (Å²) in [7, 11) is 2.74. The van der Waals surface area contributed by atoms with Crippen LogP contribution < -0.4 is 4.74 Å². The minimum Gasteiger partial charge on any atom is -0.496 e. The number of carbonyl (C=O) groups excluding carboxylic acids is 3. The van der Waals surface area contributed by atoms with E-state index in [4.69, 9.17) is 4.74 Å². The maximum atomic E-state index is 12.3.